The Kier molecular flexibility index (Phi) is 4.71. The van der Waals surface area contributed by atoms with E-state index in [0.717, 1.165) is 24.8 Å². The monoisotopic (exact) mass is 283 g/mol. The Morgan fingerprint density at radius 2 is 1.95 bits per heavy atom. The van der Waals surface area contributed by atoms with E-state index in [0.29, 0.717) is 0 Å². The van der Waals surface area contributed by atoms with Crippen molar-refractivity contribution in [1.82, 2.24) is 14.9 Å². The second-order valence-corrected chi connectivity index (χ2v) is 6.08. The topological polar surface area (TPSA) is 29.9 Å². The van der Waals surface area contributed by atoms with Crippen LogP contribution in [0.5, 0.6) is 0 Å². The minimum absolute atomic E-state index is 0.891. The quantitative estimate of drug-likeness (QED) is 0.816. The zero-order valence-corrected chi connectivity index (χ0v) is 12.9. The van der Waals surface area contributed by atoms with E-state index in [-0.39, 0.29) is 0 Å². The summed E-state index contributed by atoms with van der Waals surface area (Å²) in [4.78, 5) is 4.47. The van der Waals surface area contributed by atoms with Gasteiger partial charge in [-0.25, -0.2) is 4.98 Å². The summed E-state index contributed by atoms with van der Waals surface area (Å²) in [7, 11) is 0. The fraction of sp³-hybridized carbons (Fsp3) is 0.500. The molecule has 0 unspecified atom stereocenters. The summed E-state index contributed by atoms with van der Waals surface area (Å²) in [6.45, 7) is 4.07. The van der Waals surface area contributed by atoms with Gasteiger partial charge < -0.3 is 5.32 Å². The van der Waals surface area contributed by atoms with Gasteiger partial charge in [-0.1, -0.05) is 43.9 Å². The van der Waals surface area contributed by atoms with Crippen LogP contribution in [0.3, 0.4) is 0 Å². The number of benzene rings is 1. The average Bonchev–Trinajstić information content (AvgIpc) is 3.14. The molecule has 1 aliphatic carbocycles. The lowest BCUT2D eigenvalue weighted by molar-refractivity contribution is 0.475. The highest BCUT2D eigenvalue weighted by Gasteiger charge is 2.14. The molecule has 0 saturated heterocycles. The molecule has 3 rings (SSSR count). The molecule has 0 atom stereocenters. The van der Waals surface area contributed by atoms with Crippen LogP contribution in [-0.4, -0.2) is 16.1 Å². The van der Waals surface area contributed by atoms with Crippen LogP contribution in [0.25, 0.3) is 5.69 Å². The number of nitrogens with one attached hydrogen (secondary N) is 1. The predicted octanol–water partition coefficient (Wildman–Crippen LogP) is 3.85. The maximum Gasteiger partial charge on any atom is 0.110 e. The SMILES string of the molecule is Cc1ncc(CNCCC2CCCC2)n1-c1ccccc1. The molecule has 1 N–H and O–H groups in total. The van der Waals surface area contributed by atoms with Crippen molar-refractivity contribution in [1.29, 1.82) is 0 Å². The highest BCUT2D eigenvalue weighted by Crippen LogP contribution is 2.26. The highest BCUT2D eigenvalue weighted by molar-refractivity contribution is 5.35. The number of hydrogen-bond donors (Lipinski definition) is 1. The third-order valence-electron chi connectivity index (χ3n) is 4.54. The summed E-state index contributed by atoms with van der Waals surface area (Å²) in [5.74, 6) is 2.01. The smallest absolute Gasteiger partial charge is 0.110 e. The summed E-state index contributed by atoms with van der Waals surface area (Å²) in [5, 5.41) is 3.59. The number of aryl methyl sites for hydroxylation is 1. The zero-order valence-electron chi connectivity index (χ0n) is 12.9. The molecule has 3 nitrogen and oxygen atoms in total. The number of imidazole rings is 1. The van der Waals surface area contributed by atoms with Crippen LogP contribution in [0.4, 0.5) is 0 Å². The van der Waals surface area contributed by atoms with Gasteiger partial charge in [0.2, 0.25) is 0 Å². The Bertz CT molecular complexity index is 553. The standard InChI is InChI=1S/C18H25N3/c1-15-20-14-18(21(15)17-9-3-2-4-10-17)13-19-12-11-16-7-5-6-8-16/h2-4,9-10,14,16,19H,5-8,11-13H2,1H3. The Morgan fingerprint density at radius 3 is 2.71 bits per heavy atom. The van der Waals surface area contributed by atoms with Crippen molar-refractivity contribution in [3.63, 3.8) is 0 Å². The Labute approximate surface area is 127 Å². The number of hydrogen-bond acceptors (Lipinski definition) is 2. The second-order valence-electron chi connectivity index (χ2n) is 6.08. The van der Waals surface area contributed by atoms with Crippen LogP contribution in [0, 0.1) is 12.8 Å². The normalized spacial score (nSPS) is 15.7. The Morgan fingerprint density at radius 1 is 1.19 bits per heavy atom. The van der Waals surface area contributed by atoms with E-state index < -0.39 is 0 Å². The molecular weight excluding hydrogens is 258 g/mol. The van der Waals surface area contributed by atoms with Crippen molar-refractivity contribution < 1.29 is 0 Å². The Balaban J connectivity index is 1.58. The third kappa shape index (κ3) is 3.53. The van der Waals surface area contributed by atoms with Crippen molar-refractivity contribution in [3.8, 4) is 5.69 Å². The van der Waals surface area contributed by atoms with E-state index in [4.69, 9.17) is 0 Å². The molecule has 1 fully saturated rings. The lowest BCUT2D eigenvalue weighted by Gasteiger charge is -2.12. The molecule has 112 valence electrons. The van der Waals surface area contributed by atoms with Gasteiger partial charge in [0.1, 0.15) is 5.82 Å². The summed E-state index contributed by atoms with van der Waals surface area (Å²) in [6.07, 6.45) is 9.05. The largest absolute Gasteiger partial charge is 0.311 e. The van der Waals surface area contributed by atoms with Crippen LogP contribution < -0.4 is 5.32 Å². The minimum atomic E-state index is 0.891. The number of rotatable bonds is 6. The molecule has 0 bridgehead atoms. The van der Waals surface area contributed by atoms with Gasteiger partial charge in [0.15, 0.2) is 0 Å². The van der Waals surface area contributed by atoms with Crippen molar-refractivity contribution in [3.05, 3.63) is 48.0 Å². The van der Waals surface area contributed by atoms with Crippen LogP contribution in [0.1, 0.15) is 43.6 Å². The highest BCUT2D eigenvalue weighted by atomic mass is 15.1. The van der Waals surface area contributed by atoms with Gasteiger partial charge in [-0.05, 0) is 37.9 Å². The molecule has 1 heterocycles. The molecule has 1 saturated carbocycles. The van der Waals surface area contributed by atoms with Gasteiger partial charge in [0, 0.05) is 12.2 Å². The molecule has 1 aliphatic rings. The number of nitrogens with zero attached hydrogens (tertiary/aromatic N) is 2. The summed E-state index contributed by atoms with van der Waals surface area (Å²) >= 11 is 0. The first kappa shape index (κ1) is 14.3. The average molecular weight is 283 g/mol. The van der Waals surface area contributed by atoms with Crippen LogP contribution in [0.15, 0.2) is 36.5 Å². The van der Waals surface area contributed by atoms with E-state index in [1.165, 1.54) is 43.5 Å². The molecule has 2 aromatic rings. The van der Waals surface area contributed by atoms with E-state index >= 15 is 0 Å². The fourth-order valence-corrected chi connectivity index (χ4v) is 3.37. The molecule has 21 heavy (non-hydrogen) atoms. The van der Waals surface area contributed by atoms with E-state index in [9.17, 15) is 0 Å². The molecule has 0 aliphatic heterocycles. The van der Waals surface area contributed by atoms with Crippen LogP contribution in [-0.2, 0) is 6.54 Å². The van der Waals surface area contributed by atoms with Gasteiger partial charge in [0.05, 0.1) is 11.9 Å². The van der Waals surface area contributed by atoms with E-state index in [2.05, 4.69) is 52.1 Å². The fourth-order valence-electron chi connectivity index (χ4n) is 3.37. The zero-order chi connectivity index (χ0) is 14.5. The lowest BCUT2D eigenvalue weighted by atomic mass is 10.0. The first-order valence-corrected chi connectivity index (χ1v) is 8.14. The first-order chi connectivity index (χ1) is 10.3. The molecular formula is C18H25N3. The lowest BCUT2D eigenvalue weighted by Crippen LogP contribution is -2.19. The molecule has 3 heteroatoms. The second kappa shape index (κ2) is 6.90. The molecule has 0 spiro atoms. The van der Waals surface area contributed by atoms with Crippen molar-refractivity contribution in [2.75, 3.05) is 6.54 Å². The van der Waals surface area contributed by atoms with Gasteiger partial charge in [0.25, 0.3) is 0 Å². The predicted molar refractivity (Wildman–Crippen MR) is 86.6 cm³/mol. The van der Waals surface area contributed by atoms with Gasteiger partial charge in [-0.2, -0.15) is 0 Å². The maximum absolute atomic E-state index is 4.47. The summed E-state index contributed by atoms with van der Waals surface area (Å²) in [5.41, 5.74) is 2.44. The van der Waals surface area contributed by atoms with Crippen LogP contribution >= 0.6 is 0 Å². The maximum atomic E-state index is 4.47. The molecule has 1 aromatic heterocycles. The number of aromatic nitrogens is 2. The van der Waals surface area contributed by atoms with Gasteiger partial charge >= 0.3 is 0 Å². The van der Waals surface area contributed by atoms with Gasteiger partial charge in [-0.3, -0.25) is 4.57 Å². The molecule has 0 amide bonds. The van der Waals surface area contributed by atoms with E-state index in [1.54, 1.807) is 0 Å². The summed E-state index contributed by atoms with van der Waals surface area (Å²) in [6, 6.07) is 10.5. The first-order valence-electron chi connectivity index (χ1n) is 8.14. The number of para-hydroxylation sites is 1. The van der Waals surface area contributed by atoms with Crippen molar-refractivity contribution in [2.45, 2.75) is 45.6 Å². The van der Waals surface area contributed by atoms with Crippen molar-refractivity contribution >= 4 is 0 Å². The molecule has 1 aromatic carbocycles. The van der Waals surface area contributed by atoms with Gasteiger partial charge in [-0.15, -0.1) is 0 Å². The Hall–Kier alpha value is -1.61. The van der Waals surface area contributed by atoms with Crippen LogP contribution in [0.2, 0.25) is 0 Å². The van der Waals surface area contributed by atoms with Crippen molar-refractivity contribution in [2.24, 2.45) is 5.92 Å². The summed E-state index contributed by atoms with van der Waals surface area (Å²) < 4.78 is 2.24. The minimum Gasteiger partial charge on any atom is -0.311 e. The van der Waals surface area contributed by atoms with E-state index in [1.807, 2.05) is 6.20 Å². The third-order valence-corrected chi connectivity index (χ3v) is 4.54. The molecule has 0 radical (unpaired) electrons.